The molecule has 0 bridgehead atoms. The Balaban J connectivity index is 1.76. The summed E-state index contributed by atoms with van der Waals surface area (Å²) in [5.41, 5.74) is 8.43. The van der Waals surface area contributed by atoms with Gasteiger partial charge in [-0.05, 0) is 36.2 Å². The lowest BCUT2D eigenvalue weighted by molar-refractivity contribution is -0.115. The van der Waals surface area contributed by atoms with Crippen LogP contribution in [0, 0.1) is 5.92 Å². The summed E-state index contributed by atoms with van der Waals surface area (Å²) >= 11 is 0. The smallest absolute Gasteiger partial charge is 0.253 e. The molecular formula is C21H25N3O2. The molecule has 0 aromatic heterocycles. The largest absolute Gasteiger partial charge is 0.338 e. The first-order valence-electron chi connectivity index (χ1n) is 9.06. The van der Waals surface area contributed by atoms with E-state index in [1.165, 1.54) is 5.56 Å². The first-order chi connectivity index (χ1) is 12.6. The molecule has 1 fully saturated rings. The van der Waals surface area contributed by atoms with Crippen molar-refractivity contribution in [1.82, 2.24) is 4.90 Å². The molecule has 0 aliphatic carbocycles. The lowest BCUT2D eigenvalue weighted by atomic mass is 9.89. The van der Waals surface area contributed by atoms with Crippen LogP contribution in [0.5, 0.6) is 0 Å². The molecule has 0 unspecified atom stereocenters. The van der Waals surface area contributed by atoms with Crippen molar-refractivity contribution in [2.45, 2.75) is 19.3 Å². The molecular weight excluding hydrogens is 326 g/mol. The minimum Gasteiger partial charge on any atom is -0.338 e. The van der Waals surface area contributed by atoms with Gasteiger partial charge in [0.15, 0.2) is 0 Å². The highest BCUT2D eigenvalue weighted by molar-refractivity contribution is 5.97. The summed E-state index contributed by atoms with van der Waals surface area (Å²) < 4.78 is 0. The molecule has 3 N–H and O–H groups in total. The highest BCUT2D eigenvalue weighted by atomic mass is 16.2. The summed E-state index contributed by atoms with van der Waals surface area (Å²) in [5.74, 6) is 0.426. The van der Waals surface area contributed by atoms with Crippen LogP contribution in [0.2, 0.25) is 0 Å². The maximum Gasteiger partial charge on any atom is 0.253 e. The van der Waals surface area contributed by atoms with Crippen LogP contribution in [-0.4, -0.2) is 36.3 Å². The number of nitrogens with two attached hydrogens (primary N) is 1. The second-order valence-electron chi connectivity index (χ2n) is 6.71. The Morgan fingerprint density at radius 1 is 1.12 bits per heavy atom. The van der Waals surface area contributed by atoms with Gasteiger partial charge in [-0.2, -0.15) is 0 Å². The number of carbonyl (C=O) groups excluding carboxylic acids is 2. The molecule has 1 saturated heterocycles. The first kappa shape index (κ1) is 18.1. The molecule has 5 nitrogen and oxygen atoms in total. The molecule has 1 heterocycles. The number of nitrogens with one attached hydrogen (secondary N) is 1. The molecule has 5 heteroatoms. The third-order valence-electron chi connectivity index (χ3n) is 4.97. The number of nitrogens with zero attached hydrogens (tertiary/aromatic N) is 1. The third kappa shape index (κ3) is 3.94. The fourth-order valence-corrected chi connectivity index (χ4v) is 3.52. The lowest BCUT2D eigenvalue weighted by Gasteiger charge is -2.17. The molecule has 0 saturated carbocycles. The van der Waals surface area contributed by atoms with Crippen LogP contribution >= 0.6 is 0 Å². The standard InChI is InChI=1S/C21H25N3O2/c1-2-20(25)23-18-10-6-9-16(11-18)21(26)24-13-17(12-22)19(14-24)15-7-4-3-5-8-15/h3-11,17,19H,2,12-14,22H2,1H3,(H,23,25)/t17-,19+/m1/s1. The summed E-state index contributed by atoms with van der Waals surface area (Å²) in [6.45, 7) is 3.66. The van der Waals surface area contributed by atoms with Crippen molar-refractivity contribution in [3.63, 3.8) is 0 Å². The zero-order valence-corrected chi connectivity index (χ0v) is 15.0. The number of amides is 2. The monoisotopic (exact) mass is 351 g/mol. The highest BCUT2D eigenvalue weighted by Crippen LogP contribution is 2.33. The zero-order valence-electron chi connectivity index (χ0n) is 15.0. The van der Waals surface area contributed by atoms with Gasteiger partial charge in [-0.1, -0.05) is 43.3 Å². The highest BCUT2D eigenvalue weighted by Gasteiger charge is 2.35. The second kappa shape index (κ2) is 8.15. The fraction of sp³-hybridized carbons (Fsp3) is 0.333. The molecule has 3 rings (SSSR count). The average Bonchev–Trinajstić information content (AvgIpc) is 3.12. The Morgan fingerprint density at radius 3 is 2.58 bits per heavy atom. The van der Waals surface area contributed by atoms with E-state index in [2.05, 4.69) is 17.4 Å². The Labute approximate surface area is 154 Å². The number of benzene rings is 2. The number of anilines is 1. The van der Waals surface area contributed by atoms with Crippen LogP contribution in [0.3, 0.4) is 0 Å². The molecule has 2 amide bonds. The van der Waals surface area contributed by atoms with Crippen molar-refractivity contribution in [2.75, 3.05) is 25.0 Å². The summed E-state index contributed by atoms with van der Waals surface area (Å²) in [6, 6.07) is 17.4. The van der Waals surface area contributed by atoms with Gasteiger partial charge in [-0.3, -0.25) is 9.59 Å². The lowest BCUT2D eigenvalue weighted by Crippen LogP contribution is -2.29. The summed E-state index contributed by atoms with van der Waals surface area (Å²) in [4.78, 5) is 26.4. The second-order valence-corrected chi connectivity index (χ2v) is 6.71. The van der Waals surface area contributed by atoms with Crippen molar-refractivity contribution >= 4 is 17.5 Å². The van der Waals surface area contributed by atoms with Crippen molar-refractivity contribution < 1.29 is 9.59 Å². The fourth-order valence-electron chi connectivity index (χ4n) is 3.52. The summed E-state index contributed by atoms with van der Waals surface area (Å²) in [5, 5.41) is 2.80. The van der Waals surface area contributed by atoms with E-state index in [4.69, 9.17) is 5.73 Å². The van der Waals surface area contributed by atoms with Gasteiger partial charge in [0.2, 0.25) is 5.91 Å². The van der Waals surface area contributed by atoms with E-state index >= 15 is 0 Å². The Kier molecular flexibility index (Phi) is 5.68. The van der Waals surface area contributed by atoms with E-state index in [0.717, 1.165) is 0 Å². The number of hydrogen-bond acceptors (Lipinski definition) is 3. The van der Waals surface area contributed by atoms with Crippen molar-refractivity contribution in [1.29, 1.82) is 0 Å². The van der Waals surface area contributed by atoms with Gasteiger partial charge < -0.3 is 16.0 Å². The molecule has 2 aromatic rings. The van der Waals surface area contributed by atoms with Crippen LogP contribution in [0.15, 0.2) is 54.6 Å². The van der Waals surface area contributed by atoms with Crippen molar-refractivity contribution in [2.24, 2.45) is 11.7 Å². The van der Waals surface area contributed by atoms with Crippen molar-refractivity contribution in [3.05, 3.63) is 65.7 Å². The Bertz CT molecular complexity index is 776. The number of carbonyl (C=O) groups is 2. The molecule has 0 radical (unpaired) electrons. The predicted molar refractivity (Wildman–Crippen MR) is 103 cm³/mol. The maximum absolute atomic E-state index is 13.0. The van der Waals surface area contributed by atoms with E-state index in [9.17, 15) is 9.59 Å². The number of rotatable bonds is 5. The molecule has 26 heavy (non-hydrogen) atoms. The Hall–Kier alpha value is -2.66. The van der Waals surface area contributed by atoms with Crippen molar-refractivity contribution in [3.8, 4) is 0 Å². The van der Waals surface area contributed by atoms with Crippen LogP contribution in [0.25, 0.3) is 0 Å². The van der Waals surface area contributed by atoms with Gasteiger partial charge in [0, 0.05) is 36.7 Å². The van der Waals surface area contributed by atoms with E-state index in [1.807, 2.05) is 23.1 Å². The van der Waals surface area contributed by atoms with Crippen LogP contribution in [-0.2, 0) is 4.79 Å². The average molecular weight is 351 g/mol. The quantitative estimate of drug-likeness (QED) is 0.870. The zero-order chi connectivity index (χ0) is 18.5. The molecule has 2 aromatic carbocycles. The molecule has 1 aliphatic heterocycles. The Morgan fingerprint density at radius 2 is 1.88 bits per heavy atom. The minimum absolute atomic E-state index is 0.0190. The van der Waals surface area contributed by atoms with Gasteiger partial charge in [-0.25, -0.2) is 0 Å². The molecule has 136 valence electrons. The maximum atomic E-state index is 13.0. The van der Waals surface area contributed by atoms with Gasteiger partial charge in [0.25, 0.3) is 5.91 Å². The van der Waals surface area contributed by atoms with Gasteiger partial charge in [-0.15, -0.1) is 0 Å². The van der Waals surface area contributed by atoms with E-state index in [-0.39, 0.29) is 23.7 Å². The van der Waals surface area contributed by atoms with Gasteiger partial charge in [0.05, 0.1) is 0 Å². The minimum atomic E-state index is -0.0666. The number of hydrogen-bond donors (Lipinski definition) is 2. The van der Waals surface area contributed by atoms with Crippen LogP contribution < -0.4 is 11.1 Å². The topological polar surface area (TPSA) is 75.4 Å². The molecule has 0 spiro atoms. The van der Waals surface area contributed by atoms with Gasteiger partial charge >= 0.3 is 0 Å². The van der Waals surface area contributed by atoms with Gasteiger partial charge in [0.1, 0.15) is 0 Å². The van der Waals surface area contributed by atoms with E-state index < -0.39 is 0 Å². The SMILES string of the molecule is CCC(=O)Nc1cccc(C(=O)N2C[C@@H](CN)[C@H](c3ccccc3)C2)c1. The third-order valence-corrected chi connectivity index (χ3v) is 4.97. The predicted octanol–water partition coefficient (Wildman–Crippen LogP) is 2.85. The summed E-state index contributed by atoms with van der Waals surface area (Å²) in [7, 11) is 0. The van der Waals surface area contributed by atoms with Crippen LogP contribution in [0.4, 0.5) is 5.69 Å². The van der Waals surface area contributed by atoms with E-state index in [1.54, 1.807) is 31.2 Å². The molecule has 1 aliphatic rings. The van der Waals surface area contributed by atoms with E-state index in [0.29, 0.717) is 37.3 Å². The molecule has 2 atom stereocenters. The summed E-state index contributed by atoms with van der Waals surface area (Å²) in [6.07, 6.45) is 0.404. The van der Waals surface area contributed by atoms with Crippen LogP contribution in [0.1, 0.15) is 35.2 Å². The first-order valence-corrected chi connectivity index (χ1v) is 9.06. The normalized spacial score (nSPS) is 19.4. The number of likely N-dealkylation sites (tertiary alicyclic amines) is 1.